The van der Waals surface area contributed by atoms with Crippen molar-refractivity contribution < 1.29 is 19.7 Å². The Bertz CT molecular complexity index is 109. The Morgan fingerprint density at radius 2 is 2.18 bits per heavy atom. The Hall–Kier alpha value is -0.870. The second-order valence-corrected chi connectivity index (χ2v) is 1.68. The van der Waals surface area contributed by atoms with Crippen LogP contribution in [0.1, 0.15) is 6.92 Å². The molecule has 0 heterocycles. The second kappa shape index (κ2) is 9.13. The number of carbonyl (C=O) groups is 1. The van der Waals surface area contributed by atoms with Crippen LogP contribution in [-0.4, -0.2) is 36.0 Å². The molecule has 0 saturated carbocycles. The van der Waals surface area contributed by atoms with Gasteiger partial charge in [0.2, 0.25) is 0 Å². The van der Waals surface area contributed by atoms with Gasteiger partial charge in [-0.1, -0.05) is 6.58 Å². The van der Waals surface area contributed by atoms with E-state index in [0.717, 1.165) is 13.2 Å². The first kappa shape index (κ1) is 12.8. The summed E-state index contributed by atoms with van der Waals surface area (Å²) in [5.74, 6) is -0.504. The Morgan fingerprint density at radius 1 is 1.73 bits per heavy atom. The lowest BCUT2D eigenvalue weighted by atomic mass is 10.4. The van der Waals surface area contributed by atoms with Crippen LogP contribution in [0, 0.1) is 0 Å². The summed E-state index contributed by atoms with van der Waals surface area (Å²) in [7, 11) is 1.00. The SMILES string of the molecule is C=CC(=O)OCC(C)O.CO. The molecular formula is C7H14O4. The molecule has 0 aliphatic rings. The van der Waals surface area contributed by atoms with Crippen molar-refractivity contribution in [1.29, 1.82) is 0 Å². The van der Waals surface area contributed by atoms with Crippen LogP contribution in [0.2, 0.25) is 0 Å². The van der Waals surface area contributed by atoms with Crippen LogP contribution >= 0.6 is 0 Å². The van der Waals surface area contributed by atoms with Gasteiger partial charge < -0.3 is 14.9 Å². The van der Waals surface area contributed by atoms with E-state index in [1.165, 1.54) is 6.92 Å². The van der Waals surface area contributed by atoms with E-state index >= 15 is 0 Å². The molecule has 0 amide bonds. The van der Waals surface area contributed by atoms with Crippen molar-refractivity contribution in [2.45, 2.75) is 13.0 Å². The number of hydrogen-bond donors (Lipinski definition) is 2. The summed E-state index contributed by atoms with van der Waals surface area (Å²) in [5.41, 5.74) is 0. The van der Waals surface area contributed by atoms with E-state index in [2.05, 4.69) is 11.3 Å². The molecule has 0 aliphatic heterocycles. The zero-order valence-corrected chi connectivity index (χ0v) is 6.78. The van der Waals surface area contributed by atoms with Crippen LogP contribution < -0.4 is 0 Å². The normalized spacial score (nSPS) is 10.5. The monoisotopic (exact) mass is 162 g/mol. The van der Waals surface area contributed by atoms with Gasteiger partial charge in [-0.05, 0) is 6.92 Å². The van der Waals surface area contributed by atoms with E-state index in [1.54, 1.807) is 0 Å². The summed E-state index contributed by atoms with van der Waals surface area (Å²) in [6, 6.07) is 0. The highest BCUT2D eigenvalue weighted by Crippen LogP contribution is 1.83. The molecule has 4 nitrogen and oxygen atoms in total. The van der Waals surface area contributed by atoms with Crippen LogP contribution in [0.3, 0.4) is 0 Å². The third kappa shape index (κ3) is 12.4. The maximum Gasteiger partial charge on any atom is 0.330 e. The molecule has 1 atom stereocenters. The highest BCUT2D eigenvalue weighted by molar-refractivity contribution is 5.81. The van der Waals surface area contributed by atoms with Gasteiger partial charge in [-0.2, -0.15) is 0 Å². The van der Waals surface area contributed by atoms with Crippen LogP contribution in [-0.2, 0) is 9.53 Å². The van der Waals surface area contributed by atoms with E-state index < -0.39 is 12.1 Å². The molecule has 0 fully saturated rings. The first-order valence-corrected chi connectivity index (χ1v) is 3.08. The van der Waals surface area contributed by atoms with Gasteiger partial charge in [0.05, 0.1) is 6.10 Å². The summed E-state index contributed by atoms with van der Waals surface area (Å²) in [6.07, 6.45) is 0.455. The van der Waals surface area contributed by atoms with Gasteiger partial charge in [-0.15, -0.1) is 0 Å². The molecule has 2 N–H and O–H groups in total. The molecule has 0 aromatic heterocycles. The minimum absolute atomic E-state index is 0.0326. The van der Waals surface area contributed by atoms with Gasteiger partial charge in [0.15, 0.2) is 0 Å². The zero-order valence-electron chi connectivity index (χ0n) is 6.78. The predicted molar refractivity (Wildman–Crippen MR) is 41.0 cm³/mol. The summed E-state index contributed by atoms with van der Waals surface area (Å²) in [4.78, 5) is 10.3. The highest BCUT2D eigenvalue weighted by Gasteiger charge is 1.97. The van der Waals surface area contributed by atoms with Crippen molar-refractivity contribution in [3.63, 3.8) is 0 Å². The largest absolute Gasteiger partial charge is 0.460 e. The van der Waals surface area contributed by atoms with Gasteiger partial charge in [0.1, 0.15) is 6.61 Å². The quantitative estimate of drug-likeness (QED) is 0.442. The van der Waals surface area contributed by atoms with Crippen LogP contribution in [0.5, 0.6) is 0 Å². The van der Waals surface area contributed by atoms with E-state index in [-0.39, 0.29) is 6.61 Å². The van der Waals surface area contributed by atoms with Crippen LogP contribution in [0.15, 0.2) is 12.7 Å². The Kier molecular flexibility index (Phi) is 10.6. The molecular weight excluding hydrogens is 148 g/mol. The summed E-state index contributed by atoms with van der Waals surface area (Å²) >= 11 is 0. The molecule has 0 aromatic rings. The lowest BCUT2D eigenvalue weighted by molar-refractivity contribution is -0.140. The molecule has 66 valence electrons. The van der Waals surface area contributed by atoms with Gasteiger partial charge in [-0.25, -0.2) is 4.79 Å². The van der Waals surface area contributed by atoms with Crippen molar-refractivity contribution in [2.75, 3.05) is 13.7 Å². The molecule has 0 rings (SSSR count). The van der Waals surface area contributed by atoms with E-state index in [9.17, 15) is 4.79 Å². The maximum absolute atomic E-state index is 10.3. The lowest BCUT2D eigenvalue weighted by Gasteiger charge is -2.02. The Morgan fingerprint density at radius 3 is 2.45 bits per heavy atom. The Balaban J connectivity index is 0. The van der Waals surface area contributed by atoms with Gasteiger partial charge in [-0.3, -0.25) is 0 Å². The number of rotatable bonds is 3. The average molecular weight is 162 g/mol. The molecule has 0 spiro atoms. The van der Waals surface area contributed by atoms with Crippen molar-refractivity contribution in [1.82, 2.24) is 0 Å². The first-order chi connectivity index (χ1) is 5.16. The summed E-state index contributed by atoms with van der Waals surface area (Å²) < 4.78 is 4.45. The molecule has 0 radical (unpaired) electrons. The van der Waals surface area contributed by atoms with Crippen molar-refractivity contribution in [2.24, 2.45) is 0 Å². The molecule has 0 bridgehead atoms. The van der Waals surface area contributed by atoms with Crippen molar-refractivity contribution in [3.8, 4) is 0 Å². The first-order valence-electron chi connectivity index (χ1n) is 3.08. The predicted octanol–water partition coefficient (Wildman–Crippen LogP) is -0.295. The minimum Gasteiger partial charge on any atom is -0.460 e. The number of ether oxygens (including phenoxy) is 1. The summed E-state index contributed by atoms with van der Waals surface area (Å²) in [6.45, 7) is 4.75. The van der Waals surface area contributed by atoms with E-state index in [4.69, 9.17) is 10.2 Å². The molecule has 0 saturated heterocycles. The fraction of sp³-hybridized carbons (Fsp3) is 0.571. The summed E-state index contributed by atoms with van der Waals surface area (Å²) in [5, 5.41) is 15.6. The van der Waals surface area contributed by atoms with Crippen LogP contribution in [0.4, 0.5) is 0 Å². The van der Waals surface area contributed by atoms with Crippen LogP contribution in [0.25, 0.3) is 0 Å². The fourth-order valence-electron chi connectivity index (χ4n) is 0.262. The molecule has 11 heavy (non-hydrogen) atoms. The second-order valence-electron chi connectivity index (χ2n) is 1.68. The average Bonchev–Trinajstić information content (AvgIpc) is 2.04. The number of aliphatic hydroxyl groups excluding tert-OH is 2. The molecule has 4 heteroatoms. The lowest BCUT2D eigenvalue weighted by Crippen LogP contribution is -2.13. The smallest absolute Gasteiger partial charge is 0.330 e. The third-order valence-corrected chi connectivity index (χ3v) is 0.633. The number of carbonyl (C=O) groups excluding carboxylic acids is 1. The van der Waals surface area contributed by atoms with Crippen molar-refractivity contribution >= 4 is 5.97 Å². The molecule has 0 aliphatic carbocycles. The third-order valence-electron chi connectivity index (χ3n) is 0.633. The number of hydrogen-bond acceptors (Lipinski definition) is 4. The Labute approximate surface area is 66.1 Å². The van der Waals surface area contributed by atoms with E-state index in [1.807, 2.05) is 0 Å². The standard InChI is InChI=1S/C6H10O3.CH4O/c1-3-6(8)9-4-5(2)7;1-2/h3,5,7H,1,4H2,2H3;2H,1H3. The fourth-order valence-corrected chi connectivity index (χ4v) is 0.262. The highest BCUT2D eigenvalue weighted by atomic mass is 16.5. The molecule has 0 aromatic carbocycles. The van der Waals surface area contributed by atoms with Gasteiger partial charge in [0, 0.05) is 13.2 Å². The van der Waals surface area contributed by atoms with Gasteiger partial charge in [0.25, 0.3) is 0 Å². The zero-order chi connectivity index (χ0) is 9.28. The number of esters is 1. The molecule has 1 unspecified atom stereocenters. The number of aliphatic hydroxyl groups is 2. The topological polar surface area (TPSA) is 66.8 Å². The van der Waals surface area contributed by atoms with E-state index in [0.29, 0.717) is 0 Å². The minimum atomic E-state index is -0.603. The van der Waals surface area contributed by atoms with Crippen molar-refractivity contribution in [3.05, 3.63) is 12.7 Å². The van der Waals surface area contributed by atoms with Gasteiger partial charge >= 0.3 is 5.97 Å². The maximum atomic E-state index is 10.3.